The van der Waals surface area contributed by atoms with Gasteiger partial charge in [0.15, 0.2) is 16.7 Å². The molecule has 1 saturated heterocycles. The maximum absolute atomic E-state index is 13.6. The molecule has 2 aliphatic carbocycles. The van der Waals surface area contributed by atoms with Gasteiger partial charge in [-0.15, -0.1) is 0 Å². The largest absolute Gasteiger partial charge is 0.493 e. The number of amidine groups is 1. The molecule has 0 radical (unpaired) electrons. The molecule has 6 nitrogen and oxygen atoms in total. The van der Waals surface area contributed by atoms with Crippen molar-refractivity contribution in [2.45, 2.75) is 76.3 Å². The van der Waals surface area contributed by atoms with E-state index in [2.05, 4.69) is 0 Å². The van der Waals surface area contributed by atoms with Crippen LogP contribution < -0.4 is 14.2 Å². The van der Waals surface area contributed by atoms with Gasteiger partial charge in [-0.3, -0.25) is 14.7 Å². The fourth-order valence-corrected chi connectivity index (χ4v) is 6.08. The first-order valence-electron chi connectivity index (χ1n) is 11.8. The molecule has 0 spiro atoms. The third kappa shape index (κ3) is 4.77. The van der Waals surface area contributed by atoms with E-state index >= 15 is 0 Å². The van der Waals surface area contributed by atoms with Gasteiger partial charge in [0.05, 0.1) is 32.3 Å². The van der Waals surface area contributed by atoms with Crippen LogP contribution in [0.15, 0.2) is 22.0 Å². The highest BCUT2D eigenvalue weighted by Crippen LogP contribution is 2.43. The van der Waals surface area contributed by atoms with Crippen molar-refractivity contribution in [1.82, 2.24) is 4.90 Å². The summed E-state index contributed by atoms with van der Waals surface area (Å²) < 4.78 is 16.6. The summed E-state index contributed by atoms with van der Waals surface area (Å²) in [4.78, 5) is 21.4. The maximum Gasteiger partial charge on any atom is 0.267 e. The first kappa shape index (κ1) is 23.0. The zero-order valence-electron chi connectivity index (χ0n) is 19.4. The van der Waals surface area contributed by atoms with Crippen LogP contribution in [0.3, 0.4) is 0 Å². The topological polar surface area (TPSA) is 60.4 Å². The Balaban J connectivity index is 1.69. The smallest absolute Gasteiger partial charge is 0.267 e. The Hall–Kier alpha value is -2.15. The third-order valence-electron chi connectivity index (χ3n) is 6.67. The molecule has 2 saturated carbocycles. The molecule has 1 aromatic carbocycles. The number of ether oxygens (including phenoxy) is 3. The number of nitrogens with zero attached hydrogens (tertiary/aromatic N) is 2. The lowest BCUT2D eigenvalue weighted by Gasteiger charge is -2.31. The molecule has 0 bridgehead atoms. The summed E-state index contributed by atoms with van der Waals surface area (Å²) in [5, 5.41) is 0.888. The van der Waals surface area contributed by atoms with Crippen molar-refractivity contribution < 1.29 is 19.0 Å². The molecular formula is C25H34N2O4S. The Morgan fingerprint density at radius 1 is 0.906 bits per heavy atom. The molecular weight excluding hydrogens is 424 g/mol. The minimum absolute atomic E-state index is 0.0632. The van der Waals surface area contributed by atoms with E-state index in [-0.39, 0.29) is 11.9 Å². The maximum atomic E-state index is 13.6. The Kier molecular flexibility index (Phi) is 7.66. The average molecular weight is 459 g/mol. The monoisotopic (exact) mass is 458 g/mol. The average Bonchev–Trinajstić information content (AvgIpc) is 3.14. The zero-order chi connectivity index (χ0) is 22.5. The zero-order valence-corrected chi connectivity index (χ0v) is 20.2. The Labute approximate surface area is 195 Å². The molecule has 174 valence electrons. The number of methoxy groups -OCH3 is 3. The number of rotatable bonds is 6. The SMILES string of the molecule is COc1ccc(C=C2SC(=NC3CCCCC3)N(C3CCCCC3)C2=O)c(OC)c1OC. The number of aliphatic imine (C=N–C) groups is 1. The van der Waals surface area contributed by atoms with E-state index in [4.69, 9.17) is 19.2 Å². The van der Waals surface area contributed by atoms with Gasteiger partial charge >= 0.3 is 0 Å². The number of hydrogen-bond donors (Lipinski definition) is 0. The van der Waals surface area contributed by atoms with Crippen LogP contribution in [-0.4, -0.2) is 49.4 Å². The first-order chi connectivity index (χ1) is 15.7. The fraction of sp³-hybridized carbons (Fsp3) is 0.600. The molecule has 1 amide bonds. The highest BCUT2D eigenvalue weighted by Gasteiger charge is 2.39. The van der Waals surface area contributed by atoms with Crippen LogP contribution in [0.5, 0.6) is 17.2 Å². The molecule has 32 heavy (non-hydrogen) atoms. The second-order valence-corrected chi connectivity index (χ2v) is 9.71. The van der Waals surface area contributed by atoms with Gasteiger partial charge in [-0.2, -0.15) is 0 Å². The second kappa shape index (κ2) is 10.6. The Bertz CT molecular complexity index is 886. The molecule has 3 fully saturated rings. The quantitative estimate of drug-likeness (QED) is 0.516. The summed E-state index contributed by atoms with van der Waals surface area (Å²) in [5.41, 5.74) is 0.795. The highest BCUT2D eigenvalue weighted by molar-refractivity contribution is 8.18. The normalized spacial score (nSPS) is 23.2. The molecule has 1 aromatic rings. The first-order valence-corrected chi connectivity index (χ1v) is 12.6. The Morgan fingerprint density at radius 2 is 1.56 bits per heavy atom. The van der Waals surface area contributed by atoms with Gasteiger partial charge < -0.3 is 14.2 Å². The number of carbonyl (C=O) groups is 1. The fourth-order valence-electron chi connectivity index (χ4n) is 4.98. The van der Waals surface area contributed by atoms with Crippen LogP contribution in [-0.2, 0) is 4.79 Å². The molecule has 7 heteroatoms. The lowest BCUT2D eigenvalue weighted by molar-refractivity contribution is -0.124. The summed E-state index contributed by atoms with van der Waals surface area (Å²) >= 11 is 1.51. The minimum atomic E-state index is 0.0632. The van der Waals surface area contributed by atoms with Gasteiger partial charge in [0.2, 0.25) is 5.75 Å². The van der Waals surface area contributed by atoms with Gasteiger partial charge in [0.25, 0.3) is 5.91 Å². The molecule has 3 aliphatic rings. The van der Waals surface area contributed by atoms with Crippen molar-refractivity contribution in [1.29, 1.82) is 0 Å². The highest BCUT2D eigenvalue weighted by atomic mass is 32.2. The summed E-state index contributed by atoms with van der Waals surface area (Å²) in [6, 6.07) is 4.33. The number of thioether (sulfide) groups is 1. The van der Waals surface area contributed by atoms with Crippen LogP contribution >= 0.6 is 11.8 Å². The van der Waals surface area contributed by atoms with E-state index in [1.54, 1.807) is 21.3 Å². The predicted molar refractivity (Wildman–Crippen MR) is 130 cm³/mol. The van der Waals surface area contributed by atoms with Crippen LogP contribution in [0.2, 0.25) is 0 Å². The van der Waals surface area contributed by atoms with Gasteiger partial charge in [-0.05, 0) is 55.7 Å². The van der Waals surface area contributed by atoms with E-state index in [0.29, 0.717) is 28.2 Å². The molecule has 0 aromatic heterocycles. The van der Waals surface area contributed by atoms with E-state index < -0.39 is 0 Å². The standard InChI is InChI=1S/C25H34N2O4S/c1-29-20-15-14-17(22(30-2)23(20)31-3)16-21-24(28)27(19-12-8-5-9-13-19)25(32-21)26-18-10-6-4-7-11-18/h14-16,18-19H,4-13H2,1-3H3. The lowest BCUT2D eigenvalue weighted by atomic mass is 9.94. The van der Waals surface area contributed by atoms with Crippen molar-refractivity contribution in [3.05, 3.63) is 22.6 Å². The summed E-state index contributed by atoms with van der Waals surface area (Å²) in [6.45, 7) is 0. The van der Waals surface area contributed by atoms with Gasteiger partial charge in [-0.1, -0.05) is 38.5 Å². The lowest BCUT2D eigenvalue weighted by Crippen LogP contribution is -2.41. The van der Waals surface area contributed by atoms with Crippen molar-refractivity contribution in [2.24, 2.45) is 4.99 Å². The van der Waals surface area contributed by atoms with E-state index in [0.717, 1.165) is 36.4 Å². The summed E-state index contributed by atoms with van der Waals surface area (Å²) in [5.74, 6) is 1.75. The summed E-state index contributed by atoms with van der Waals surface area (Å²) in [7, 11) is 4.79. The van der Waals surface area contributed by atoms with E-state index in [1.165, 1.54) is 50.3 Å². The predicted octanol–water partition coefficient (Wildman–Crippen LogP) is 5.65. The molecule has 4 rings (SSSR count). The minimum Gasteiger partial charge on any atom is -0.493 e. The van der Waals surface area contributed by atoms with Gasteiger partial charge in [0, 0.05) is 11.6 Å². The number of hydrogen-bond acceptors (Lipinski definition) is 6. The van der Waals surface area contributed by atoms with Crippen molar-refractivity contribution >= 4 is 28.9 Å². The third-order valence-corrected chi connectivity index (χ3v) is 7.66. The van der Waals surface area contributed by atoms with Crippen LogP contribution in [0, 0.1) is 0 Å². The number of amides is 1. The van der Waals surface area contributed by atoms with Crippen molar-refractivity contribution in [3.63, 3.8) is 0 Å². The Morgan fingerprint density at radius 3 is 2.19 bits per heavy atom. The van der Waals surface area contributed by atoms with E-state index in [1.807, 2.05) is 23.1 Å². The number of carbonyl (C=O) groups excluding carboxylic acids is 1. The van der Waals surface area contributed by atoms with Crippen LogP contribution in [0.25, 0.3) is 6.08 Å². The molecule has 1 heterocycles. The van der Waals surface area contributed by atoms with Crippen LogP contribution in [0.1, 0.15) is 69.8 Å². The molecule has 0 unspecified atom stereocenters. The van der Waals surface area contributed by atoms with Crippen LogP contribution in [0.4, 0.5) is 0 Å². The van der Waals surface area contributed by atoms with Gasteiger partial charge in [0.1, 0.15) is 0 Å². The molecule has 1 aliphatic heterocycles. The number of benzene rings is 1. The van der Waals surface area contributed by atoms with E-state index in [9.17, 15) is 4.79 Å². The molecule has 0 atom stereocenters. The molecule has 0 N–H and O–H groups in total. The summed E-state index contributed by atoms with van der Waals surface area (Å²) in [6.07, 6.45) is 13.6. The van der Waals surface area contributed by atoms with Gasteiger partial charge in [-0.25, -0.2) is 0 Å². The van der Waals surface area contributed by atoms with Crippen molar-refractivity contribution in [2.75, 3.05) is 21.3 Å². The second-order valence-electron chi connectivity index (χ2n) is 8.70. The van der Waals surface area contributed by atoms with Crippen molar-refractivity contribution in [3.8, 4) is 17.2 Å².